The molecular weight excluding hydrogens is 446 g/mol. The molecule has 2 aromatic carbocycles. The molecule has 1 aliphatic carbocycles. The summed E-state index contributed by atoms with van der Waals surface area (Å²) in [6.07, 6.45) is 5.46. The average molecular weight is 474 g/mol. The minimum Gasteiger partial charge on any atom is -0.465 e. The van der Waals surface area contributed by atoms with Gasteiger partial charge in [-0.2, -0.15) is 0 Å². The van der Waals surface area contributed by atoms with Gasteiger partial charge in [0.15, 0.2) is 5.76 Å². The van der Waals surface area contributed by atoms with E-state index in [0.717, 1.165) is 41.3 Å². The lowest BCUT2D eigenvalue weighted by molar-refractivity contribution is 0.0603. The Morgan fingerprint density at radius 2 is 1.88 bits per heavy atom. The van der Waals surface area contributed by atoms with Crippen LogP contribution in [0.2, 0.25) is 0 Å². The molecule has 0 unspecified atom stereocenters. The van der Waals surface area contributed by atoms with Crippen LogP contribution < -0.4 is 5.32 Å². The molecular formula is C28H27NO4S. The van der Waals surface area contributed by atoms with Gasteiger partial charge in [0.2, 0.25) is 0 Å². The van der Waals surface area contributed by atoms with E-state index < -0.39 is 5.97 Å². The largest absolute Gasteiger partial charge is 0.465 e. The number of hydrogen-bond donors (Lipinski definition) is 1. The summed E-state index contributed by atoms with van der Waals surface area (Å²) in [6, 6.07) is 12.3. The van der Waals surface area contributed by atoms with Crippen LogP contribution in [0.25, 0.3) is 22.1 Å². The van der Waals surface area contributed by atoms with Crippen molar-refractivity contribution in [3.05, 3.63) is 75.4 Å². The Labute approximate surface area is 202 Å². The van der Waals surface area contributed by atoms with Crippen molar-refractivity contribution in [1.29, 1.82) is 0 Å². The Kier molecular flexibility index (Phi) is 6.00. The average Bonchev–Trinajstić information content (AvgIpc) is 3.43. The van der Waals surface area contributed by atoms with Gasteiger partial charge >= 0.3 is 5.97 Å². The number of nitrogens with one attached hydrogen (secondary N) is 1. The summed E-state index contributed by atoms with van der Waals surface area (Å²) in [6.45, 7) is 3.98. The summed E-state index contributed by atoms with van der Waals surface area (Å²) in [5, 5.41) is 6.20. The second-order valence-electron chi connectivity index (χ2n) is 8.73. The number of rotatable bonds is 5. The molecule has 0 atom stereocenters. The molecule has 0 saturated carbocycles. The normalized spacial score (nSPS) is 13.0. The lowest BCUT2D eigenvalue weighted by atomic mass is 9.89. The highest BCUT2D eigenvalue weighted by molar-refractivity contribution is 7.15. The number of amides is 1. The number of furan rings is 1. The molecule has 0 radical (unpaired) electrons. The second-order valence-corrected chi connectivity index (χ2v) is 9.61. The smallest absolute Gasteiger partial charge is 0.341 e. The molecule has 5 rings (SSSR count). The number of thiophene rings is 1. The number of esters is 1. The number of fused-ring (bicyclic) bond motifs is 2. The molecule has 5 nitrogen and oxygen atoms in total. The summed E-state index contributed by atoms with van der Waals surface area (Å²) in [5.74, 6) is -0.600. The van der Waals surface area contributed by atoms with E-state index in [1.807, 2.05) is 24.4 Å². The maximum absolute atomic E-state index is 13.2. The zero-order valence-corrected chi connectivity index (χ0v) is 20.4. The molecule has 4 aromatic rings. The van der Waals surface area contributed by atoms with Crippen LogP contribution in [0.4, 0.5) is 5.00 Å². The quantitative estimate of drug-likeness (QED) is 0.319. The monoisotopic (exact) mass is 473 g/mol. The lowest BCUT2D eigenvalue weighted by Crippen LogP contribution is -2.14. The van der Waals surface area contributed by atoms with Crippen LogP contribution in [0.3, 0.4) is 0 Å². The lowest BCUT2D eigenvalue weighted by Gasteiger charge is -2.16. The molecule has 0 bridgehead atoms. The van der Waals surface area contributed by atoms with E-state index in [-0.39, 0.29) is 11.7 Å². The first-order chi connectivity index (χ1) is 16.5. The van der Waals surface area contributed by atoms with Gasteiger partial charge in [0.05, 0.1) is 7.11 Å². The number of carbonyl (C=O) groups is 2. The first kappa shape index (κ1) is 22.4. The second kappa shape index (κ2) is 9.11. The van der Waals surface area contributed by atoms with Crippen molar-refractivity contribution in [3.8, 4) is 11.1 Å². The molecule has 6 heteroatoms. The van der Waals surface area contributed by atoms with E-state index >= 15 is 0 Å². The Morgan fingerprint density at radius 1 is 1.09 bits per heavy atom. The van der Waals surface area contributed by atoms with Crippen LogP contribution in [0, 0.1) is 6.92 Å². The highest BCUT2D eigenvalue weighted by atomic mass is 32.1. The van der Waals surface area contributed by atoms with Crippen molar-refractivity contribution < 1.29 is 18.7 Å². The van der Waals surface area contributed by atoms with Crippen LogP contribution in [-0.2, 0) is 24.0 Å². The van der Waals surface area contributed by atoms with Gasteiger partial charge in [-0.15, -0.1) is 11.3 Å². The Bertz CT molecular complexity index is 1410. The van der Waals surface area contributed by atoms with Gasteiger partial charge in [-0.05, 0) is 73.4 Å². The molecule has 0 saturated heterocycles. The number of anilines is 1. The van der Waals surface area contributed by atoms with E-state index in [1.54, 1.807) is 0 Å². The number of ether oxygens (including phenoxy) is 1. The summed E-state index contributed by atoms with van der Waals surface area (Å²) >= 11 is 1.32. The van der Waals surface area contributed by atoms with E-state index in [4.69, 9.17) is 9.15 Å². The SMILES string of the molecule is CCc1ccc2oc(C(=O)Nc3scc(-c4ccc5c(c4)CCCC5)c3C(=O)OC)c(C)c2c1. The zero-order chi connectivity index (χ0) is 23.8. The molecule has 0 fully saturated rings. The molecule has 1 aliphatic rings. The fourth-order valence-electron chi connectivity index (χ4n) is 4.73. The standard InChI is InChI=1S/C28H27NO4S/c1-4-17-9-12-23-21(13-17)16(2)25(33-23)26(30)29-27-24(28(31)32-3)22(15-34-27)20-11-10-18-7-5-6-8-19(18)14-20/h9-15H,4-8H2,1-3H3,(H,29,30). The van der Waals surface area contributed by atoms with Gasteiger partial charge in [0.1, 0.15) is 16.1 Å². The molecule has 0 spiro atoms. The fourth-order valence-corrected chi connectivity index (χ4v) is 5.68. The Morgan fingerprint density at radius 3 is 2.65 bits per heavy atom. The number of hydrogen-bond acceptors (Lipinski definition) is 5. The topological polar surface area (TPSA) is 68.5 Å². The highest BCUT2D eigenvalue weighted by Crippen LogP contribution is 2.38. The third-order valence-corrected chi connectivity index (χ3v) is 7.58. The van der Waals surface area contributed by atoms with Crippen molar-refractivity contribution in [3.63, 3.8) is 0 Å². The van der Waals surface area contributed by atoms with Crippen molar-refractivity contribution in [2.45, 2.75) is 46.0 Å². The molecule has 1 N–H and O–H groups in total. The fraction of sp³-hybridized carbons (Fsp3) is 0.286. The minimum atomic E-state index is -0.474. The van der Waals surface area contributed by atoms with Crippen LogP contribution >= 0.6 is 11.3 Å². The third-order valence-electron chi connectivity index (χ3n) is 6.68. The van der Waals surface area contributed by atoms with Gasteiger partial charge in [-0.3, -0.25) is 4.79 Å². The van der Waals surface area contributed by atoms with Crippen molar-refractivity contribution in [2.24, 2.45) is 0 Å². The third kappa shape index (κ3) is 3.92. The van der Waals surface area contributed by atoms with Gasteiger partial charge in [-0.1, -0.05) is 31.2 Å². The van der Waals surface area contributed by atoms with Gasteiger partial charge < -0.3 is 14.5 Å². The number of benzene rings is 2. The molecule has 2 heterocycles. The van der Waals surface area contributed by atoms with Gasteiger partial charge in [0.25, 0.3) is 5.91 Å². The van der Waals surface area contributed by atoms with Crippen LogP contribution in [0.5, 0.6) is 0 Å². The van der Waals surface area contributed by atoms with E-state index in [0.29, 0.717) is 16.1 Å². The predicted octanol–water partition coefficient (Wildman–Crippen LogP) is 6.95. The predicted molar refractivity (Wildman–Crippen MR) is 136 cm³/mol. The maximum Gasteiger partial charge on any atom is 0.341 e. The first-order valence-electron chi connectivity index (χ1n) is 11.7. The zero-order valence-electron chi connectivity index (χ0n) is 19.6. The van der Waals surface area contributed by atoms with E-state index in [2.05, 4.69) is 36.5 Å². The molecule has 174 valence electrons. The van der Waals surface area contributed by atoms with Gasteiger partial charge in [0, 0.05) is 21.9 Å². The Balaban J connectivity index is 1.51. The van der Waals surface area contributed by atoms with E-state index in [9.17, 15) is 9.59 Å². The molecule has 0 aliphatic heterocycles. The number of aryl methyl sites for hydroxylation is 4. The molecule has 2 aromatic heterocycles. The summed E-state index contributed by atoms with van der Waals surface area (Å²) in [7, 11) is 1.36. The number of methoxy groups -OCH3 is 1. The molecule has 1 amide bonds. The summed E-state index contributed by atoms with van der Waals surface area (Å²) in [5.41, 5.74) is 7.47. The van der Waals surface area contributed by atoms with Crippen molar-refractivity contribution in [2.75, 3.05) is 12.4 Å². The van der Waals surface area contributed by atoms with Gasteiger partial charge in [-0.25, -0.2) is 4.79 Å². The van der Waals surface area contributed by atoms with Crippen molar-refractivity contribution >= 4 is 39.2 Å². The maximum atomic E-state index is 13.2. The highest BCUT2D eigenvalue weighted by Gasteiger charge is 2.25. The number of carbonyl (C=O) groups excluding carboxylic acids is 2. The van der Waals surface area contributed by atoms with Crippen LogP contribution in [0.15, 0.2) is 46.2 Å². The Hall–Kier alpha value is -3.38. The molecule has 34 heavy (non-hydrogen) atoms. The van der Waals surface area contributed by atoms with E-state index in [1.165, 1.54) is 48.0 Å². The first-order valence-corrected chi connectivity index (χ1v) is 12.5. The summed E-state index contributed by atoms with van der Waals surface area (Å²) in [4.78, 5) is 26.0. The van der Waals surface area contributed by atoms with Crippen molar-refractivity contribution in [1.82, 2.24) is 0 Å². The van der Waals surface area contributed by atoms with Crippen LogP contribution in [0.1, 0.15) is 62.9 Å². The van der Waals surface area contributed by atoms with Crippen LogP contribution in [-0.4, -0.2) is 19.0 Å². The minimum absolute atomic E-state index is 0.253. The summed E-state index contributed by atoms with van der Waals surface area (Å²) < 4.78 is 11.0.